The maximum absolute atomic E-state index is 13.8. The summed E-state index contributed by atoms with van der Waals surface area (Å²) in [5.74, 6) is -2.28. The molecule has 1 fully saturated rings. The fourth-order valence-electron chi connectivity index (χ4n) is 2.84. The molecule has 9 heteroatoms. The Morgan fingerprint density at radius 2 is 1.58 bits per heavy atom. The fourth-order valence-corrected chi connectivity index (χ4v) is 4.54. The Hall–Kier alpha value is -1.61. The van der Waals surface area contributed by atoms with Gasteiger partial charge in [-0.15, -0.1) is 0 Å². The van der Waals surface area contributed by atoms with Gasteiger partial charge in [0.05, 0.1) is 5.02 Å². The lowest BCUT2D eigenvalue weighted by Crippen LogP contribution is -2.48. The number of sulfonamides is 1. The van der Waals surface area contributed by atoms with E-state index < -0.39 is 32.4 Å². The van der Waals surface area contributed by atoms with Gasteiger partial charge in [0.25, 0.3) is 0 Å². The molecule has 0 unspecified atom stereocenters. The fraction of sp³-hybridized carbons (Fsp3) is 0.294. The predicted molar refractivity (Wildman–Crippen MR) is 91.8 cm³/mol. The Labute approximate surface area is 154 Å². The molecule has 140 valence electrons. The van der Waals surface area contributed by atoms with Crippen LogP contribution < -0.4 is 0 Å². The maximum Gasteiger partial charge on any atom is 0.246 e. The van der Waals surface area contributed by atoms with Crippen LogP contribution in [0.3, 0.4) is 0 Å². The largest absolute Gasteiger partial charge is 0.296 e. The summed E-state index contributed by atoms with van der Waals surface area (Å²) in [5, 5.41) is 0.0327. The van der Waals surface area contributed by atoms with Crippen LogP contribution in [0.15, 0.2) is 41.3 Å². The van der Waals surface area contributed by atoms with Crippen molar-refractivity contribution in [1.29, 1.82) is 0 Å². The van der Waals surface area contributed by atoms with Gasteiger partial charge >= 0.3 is 0 Å². The van der Waals surface area contributed by atoms with E-state index >= 15 is 0 Å². The van der Waals surface area contributed by atoms with Gasteiger partial charge in [-0.1, -0.05) is 17.7 Å². The lowest BCUT2D eigenvalue weighted by atomic mass is 10.2. The molecule has 0 aromatic heterocycles. The van der Waals surface area contributed by atoms with Crippen LogP contribution >= 0.6 is 11.6 Å². The average Bonchev–Trinajstić information content (AvgIpc) is 2.61. The SMILES string of the molecule is O=S(=O)(c1cc(F)ccc1F)N1CCN(Cc2ccc(F)c(Cl)c2)CC1. The molecule has 1 heterocycles. The first-order valence-corrected chi connectivity index (χ1v) is 9.70. The van der Waals surface area contributed by atoms with Gasteiger partial charge < -0.3 is 0 Å². The minimum Gasteiger partial charge on any atom is -0.296 e. The first-order chi connectivity index (χ1) is 12.3. The number of halogens is 4. The Bertz CT molecular complexity index is 916. The van der Waals surface area contributed by atoms with Gasteiger partial charge in [-0.2, -0.15) is 4.31 Å². The number of hydrogen-bond acceptors (Lipinski definition) is 3. The van der Waals surface area contributed by atoms with Crippen LogP contribution in [0.4, 0.5) is 13.2 Å². The zero-order valence-electron chi connectivity index (χ0n) is 13.6. The number of hydrogen-bond donors (Lipinski definition) is 0. The van der Waals surface area contributed by atoms with Gasteiger partial charge in [0.2, 0.25) is 10.0 Å². The summed E-state index contributed by atoms with van der Waals surface area (Å²) < 4.78 is 66.6. The molecule has 0 aliphatic carbocycles. The smallest absolute Gasteiger partial charge is 0.246 e. The summed E-state index contributed by atoms with van der Waals surface area (Å²) in [4.78, 5) is 1.33. The quantitative estimate of drug-likeness (QED) is 0.785. The van der Waals surface area contributed by atoms with Crippen molar-refractivity contribution in [3.8, 4) is 0 Å². The highest BCUT2D eigenvalue weighted by molar-refractivity contribution is 7.89. The summed E-state index contributed by atoms with van der Waals surface area (Å²) in [6.07, 6.45) is 0. The molecular formula is C17H16ClF3N2O2S. The number of rotatable bonds is 4. The Kier molecular flexibility index (Phi) is 5.57. The average molecular weight is 405 g/mol. The summed E-state index contributed by atoms with van der Waals surface area (Å²) in [6, 6.07) is 6.80. The standard InChI is InChI=1S/C17H16ClF3N2O2S/c18-14-9-12(1-3-15(14)20)11-22-5-7-23(8-6-22)26(24,25)17-10-13(19)2-4-16(17)21/h1-4,9-10H,5-8,11H2. The van der Waals surface area contributed by atoms with Gasteiger partial charge in [0, 0.05) is 32.7 Å². The highest BCUT2D eigenvalue weighted by Gasteiger charge is 2.31. The van der Waals surface area contributed by atoms with E-state index in [1.807, 2.05) is 4.90 Å². The minimum absolute atomic E-state index is 0.0327. The van der Waals surface area contributed by atoms with E-state index in [-0.39, 0.29) is 18.1 Å². The molecule has 2 aromatic rings. The van der Waals surface area contributed by atoms with Gasteiger partial charge in [-0.25, -0.2) is 21.6 Å². The van der Waals surface area contributed by atoms with Crippen molar-refractivity contribution in [2.75, 3.05) is 26.2 Å². The molecule has 0 amide bonds. The van der Waals surface area contributed by atoms with E-state index in [9.17, 15) is 21.6 Å². The first-order valence-electron chi connectivity index (χ1n) is 7.89. The molecular weight excluding hydrogens is 389 g/mol. The molecule has 0 bridgehead atoms. The second-order valence-electron chi connectivity index (χ2n) is 6.00. The molecule has 1 aliphatic rings. The normalized spacial score (nSPS) is 16.8. The third-order valence-electron chi connectivity index (χ3n) is 4.23. The van der Waals surface area contributed by atoms with E-state index in [1.54, 1.807) is 6.07 Å². The predicted octanol–water partition coefficient (Wildman–Crippen LogP) is 3.26. The third-order valence-corrected chi connectivity index (χ3v) is 6.44. The molecule has 0 spiro atoms. The zero-order valence-corrected chi connectivity index (χ0v) is 15.2. The molecule has 1 saturated heterocycles. The second kappa shape index (κ2) is 7.56. The van der Waals surface area contributed by atoms with E-state index in [1.165, 1.54) is 12.1 Å². The summed E-state index contributed by atoms with van der Waals surface area (Å²) in [6.45, 7) is 1.60. The Balaban J connectivity index is 1.67. The molecule has 2 aromatic carbocycles. The third kappa shape index (κ3) is 4.03. The van der Waals surface area contributed by atoms with Crippen molar-refractivity contribution < 1.29 is 21.6 Å². The summed E-state index contributed by atoms with van der Waals surface area (Å²) in [5.41, 5.74) is 0.809. The van der Waals surface area contributed by atoms with Crippen molar-refractivity contribution in [2.24, 2.45) is 0 Å². The van der Waals surface area contributed by atoms with Crippen LogP contribution in [-0.2, 0) is 16.6 Å². The first kappa shape index (κ1) is 19.2. The lowest BCUT2D eigenvalue weighted by molar-refractivity contribution is 0.181. The van der Waals surface area contributed by atoms with Crippen molar-refractivity contribution in [1.82, 2.24) is 9.21 Å². The van der Waals surface area contributed by atoms with Crippen molar-refractivity contribution in [3.05, 3.63) is 64.4 Å². The molecule has 3 rings (SSSR count). The van der Waals surface area contributed by atoms with Crippen molar-refractivity contribution in [3.63, 3.8) is 0 Å². The number of piperazine rings is 1. The topological polar surface area (TPSA) is 40.6 Å². The molecule has 0 atom stereocenters. The van der Waals surface area contributed by atoms with Crippen LogP contribution in [0.25, 0.3) is 0 Å². The van der Waals surface area contributed by atoms with Gasteiger partial charge in [0.1, 0.15) is 22.3 Å². The highest BCUT2D eigenvalue weighted by Crippen LogP contribution is 2.23. The van der Waals surface area contributed by atoms with Crippen LogP contribution in [0.1, 0.15) is 5.56 Å². The Morgan fingerprint density at radius 1 is 0.923 bits per heavy atom. The van der Waals surface area contributed by atoms with Crippen molar-refractivity contribution >= 4 is 21.6 Å². The molecule has 4 nitrogen and oxygen atoms in total. The van der Waals surface area contributed by atoms with Crippen molar-refractivity contribution in [2.45, 2.75) is 11.4 Å². The van der Waals surface area contributed by atoms with E-state index in [0.717, 1.165) is 22.0 Å². The number of benzene rings is 2. The van der Waals surface area contributed by atoms with E-state index in [0.29, 0.717) is 25.7 Å². The zero-order chi connectivity index (χ0) is 18.9. The van der Waals surface area contributed by atoms with E-state index in [2.05, 4.69) is 0 Å². The van der Waals surface area contributed by atoms with Gasteiger partial charge in [0.15, 0.2) is 0 Å². The molecule has 0 radical (unpaired) electrons. The van der Waals surface area contributed by atoms with Gasteiger partial charge in [-0.3, -0.25) is 4.90 Å². The van der Waals surface area contributed by atoms with Crippen LogP contribution in [0.5, 0.6) is 0 Å². The second-order valence-corrected chi connectivity index (χ2v) is 8.32. The molecule has 0 saturated carbocycles. The number of nitrogens with zero attached hydrogens (tertiary/aromatic N) is 2. The lowest BCUT2D eigenvalue weighted by Gasteiger charge is -2.34. The summed E-state index contributed by atoms with van der Waals surface area (Å²) >= 11 is 5.76. The van der Waals surface area contributed by atoms with E-state index in [4.69, 9.17) is 11.6 Å². The monoisotopic (exact) mass is 404 g/mol. The van der Waals surface area contributed by atoms with Gasteiger partial charge in [-0.05, 0) is 35.9 Å². The summed E-state index contributed by atoms with van der Waals surface area (Å²) in [7, 11) is -4.10. The molecule has 26 heavy (non-hydrogen) atoms. The molecule has 0 N–H and O–H groups in total. The maximum atomic E-state index is 13.8. The molecule has 1 aliphatic heterocycles. The van der Waals surface area contributed by atoms with Crippen LogP contribution in [0, 0.1) is 17.5 Å². The Morgan fingerprint density at radius 3 is 2.23 bits per heavy atom. The minimum atomic E-state index is -4.10. The van der Waals surface area contributed by atoms with Crippen LogP contribution in [-0.4, -0.2) is 43.8 Å². The van der Waals surface area contributed by atoms with Crippen LogP contribution in [0.2, 0.25) is 5.02 Å². The highest BCUT2D eigenvalue weighted by atomic mass is 35.5.